The van der Waals surface area contributed by atoms with Gasteiger partial charge in [0.2, 0.25) is 0 Å². The largest absolute Gasteiger partial charge is 0.495 e. The zero-order valence-electron chi connectivity index (χ0n) is 15.2. The van der Waals surface area contributed by atoms with Crippen molar-refractivity contribution in [2.24, 2.45) is 0 Å². The number of anilines is 4. The van der Waals surface area contributed by atoms with Gasteiger partial charge in [-0.25, -0.2) is 0 Å². The third-order valence-electron chi connectivity index (χ3n) is 4.64. The summed E-state index contributed by atoms with van der Waals surface area (Å²) in [5, 5.41) is 12.3. The summed E-state index contributed by atoms with van der Waals surface area (Å²) < 4.78 is 5.43. The standard InChI is InChI=1S/C20H20ClN5O/c1-13-10-16(18(27-2)11-15(13)21)23-19-12-22-25-20(24-19)26-9-5-7-14-6-3-4-8-17(14)26/h3-4,6,8,10-12H,5,7,9H2,1-2H3,(H,23,24,25). The van der Waals surface area contributed by atoms with E-state index in [1.165, 1.54) is 5.56 Å². The van der Waals surface area contributed by atoms with Crippen LogP contribution in [0, 0.1) is 6.92 Å². The molecule has 6 nitrogen and oxygen atoms in total. The third kappa shape index (κ3) is 3.53. The number of hydrogen-bond acceptors (Lipinski definition) is 6. The van der Waals surface area contributed by atoms with Crippen LogP contribution < -0.4 is 15.0 Å². The van der Waals surface area contributed by atoms with Crippen LogP contribution in [0.5, 0.6) is 5.75 Å². The number of aromatic nitrogens is 3. The van der Waals surface area contributed by atoms with E-state index in [2.05, 4.69) is 43.6 Å². The number of para-hydroxylation sites is 1. The maximum absolute atomic E-state index is 6.19. The number of ether oxygens (including phenoxy) is 1. The molecule has 27 heavy (non-hydrogen) atoms. The summed E-state index contributed by atoms with van der Waals surface area (Å²) in [5.74, 6) is 1.83. The molecule has 0 bridgehead atoms. The summed E-state index contributed by atoms with van der Waals surface area (Å²) >= 11 is 6.19. The molecule has 0 amide bonds. The molecule has 1 aliphatic rings. The van der Waals surface area contributed by atoms with Crippen LogP contribution in [0.3, 0.4) is 0 Å². The van der Waals surface area contributed by atoms with Crippen LogP contribution in [-0.4, -0.2) is 28.8 Å². The molecule has 0 aliphatic carbocycles. The predicted octanol–water partition coefficient (Wildman–Crippen LogP) is 4.67. The first-order valence-corrected chi connectivity index (χ1v) is 9.20. The first-order chi connectivity index (χ1) is 13.2. The lowest BCUT2D eigenvalue weighted by molar-refractivity contribution is 0.416. The smallest absolute Gasteiger partial charge is 0.251 e. The Bertz CT molecular complexity index is 978. The average Bonchev–Trinajstić information content (AvgIpc) is 2.70. The van der Waals surface area contributed by atoms with Gasteiger partial charge < -0.3 is 15.0 Å². The monoisotopic (exact) mass is 381 g/mol. The van der Waals surface area contributed by atoms with E-state index in [0.29, 0.717) is 22.5 Å². The van der Waals surface area contributed by atoms with Crippen LogP contribution in [0.4, 0.5) is 23.1 Å². The van der Waals surface area contributed by atoms with E-state index in [1.54, 1.807) is 19.4 Å². The lowest BCUT2D eigenvalue weighted by Crippen LogP contribution is -2.26. The first kappa shape index (κ1) is 17.5. The van der Waals surface area contributed by atoms with Crippen molar-refractivity contribution in [3.05, 3.63) is 58.7 Å². The minimum absolute atomic E-state index is 0.580. The van der Waals surface area contributed by atoms with Crippen LogP contribution in [0.1, 0.15) is 17.5 Å². The second kappa shape index (κ2) is 7.40. The van der Waals surface area contributed by atoms with E-state index in [9.17, 15) is 0 Å². The van der Waals surface area contributed by atoms with Crippen molar-refractivity contribution in [3.63, 3.8) is 0 Å². The van der Waals surface area contributed by atoms with Crippen LogP contribution in [0.25, 0.3) is 0 Å². The molecule has 0 spiro atoms. The highest BCUT2D eigenvalue weighted by molar-refractivity contribution is 6.31. The topological polar surface area (TPSA) is 63.2 Å². The van der Waals surface area contributed by atoms with E-state index in [-0.39, 0.29) is 0 Å². The average molecular weight is 382 g/mol. The van der Waals surface area contributed by atoms with Gasteiger partial charge in [-0.05, 0) is 43.0 Å². The quantitative estimate of drug-likeness (QED) is 0.708. The van der Waals surface area contributed by atoms with E-state index in [4.69, 9.17) is 16.3 Å². The van der Waals surface area contributed by atoms with Gasteiger partial charge in [-0.1, -0.05) is 29.8 Å². The third-order valence-corrected chi connectivity index (χ3v) is 5.05. The van der Waals surface area contributed by atoms with Crippen molar-refractivity contribution in [1.29, 1.82) is 0 Å². The van der Waals surface area contributed by atoms with Crippen LogP contribution in [0.15, 0.2) is 42.6 Å². The van der Waals surface area contributed by atoms with E-state index in [0.717, 1.165) is 36.3 Å². The number of methoxy groups -OCH3 is 1. The second-order valence-corrected chi connectivity index (χ2v) is 6.86. The number of aryl methyl sites for hydroxylation is 2. The maximum Gasteiger partial charge on any atom is 0.251 e. The molecule has 0 saturated carbocycles. The fourth-order valence-electron chi connectivity index (χ4n) is 3.28. The number of rotatable bonds is 4. The van der Waals surface area contributed by atoms with Gasteiger partial charge in [0.1, 0.15) is 5.75 Å². The van der Waals surface area contributed by atoms with Gasteiger partial charge in [0.15, 0.2) is 5.82 Å². The molecule has 1 aliphatic heterocycles. The van der Waals surface area contributed by atoms with Crippen molar-refractivity contribution >= 4 is 34.7 Å². The van der Waals surface area contributed by atoms with Crippen LogP contribution in [-0.2, 0) is 6.42 Å². The van der Waals surface area contributed by atoms with Crippen LogP contribution >= 0.6 is 11.6 Å². The minimum Gasteiger partial charge on any atom is -0.495 e. The van der Waals surface area contributed by atoms with Crippen molar-refractivity contribution in [2.75, 3.05) is 23.9 Å². The molecule has 4 rings (SSSR count). The zero-order valence-corrected chi connectivity index (χ0v) is 16.0. The Hall–Kier alpha value is -2.86. The van der Waals surface area contributed by atoms with E-state index >= 15 is 0 Å². The normalized spacial score (nSPS) is 13.2. The maximum atomic E-state index is 6.19. The summed E-state index contributed by atoms with van der Waals surface area (Å²) in [6, 6.07) is 12.1. The SMILES string of the molecule is COc1cc(Cl)c(C)cc1Nc1cnnc(N2CCCc3ccccc32)n1. The zero-order chi connectivity index (χ0) is 18.8. The minimum atomic E-state index is 0.580. The number of fused-ring (bicyclic) bond motifs is 1. The Kier molecular flexibility index (Phi) is 4.81. The summed E-state index contributed by atoms with van der Waals surface area (Å²) in [7, 11) is 1.61. The second-order valence-electron chi connectivity index (χ2n) is 6.45. The molecule has 2 heterocycles. The Morgan fingerprint density at radius 3 is 2.93 bits per heavy atom. The number of hydrogen-bond donors (Lipinski definition) is 1. The van der Waals surface area contributed by atoms with Gasteiger partial charge in [0.25, 0.3) is 5.95 Å². The molecule has 2 aromatic carbocycles. The number of benzene rings is 2. The molecular weight excluding hydrogens is 362 g/mol. The molecule has 0 atom stereocenters. The van der Waals surface area contributed by atoms with Gasteiger partial charge >= 0.3 is 0 Å². The predicted molar refractivity (Wildman–Crippen MR) is 108 cm³/mol. The first-order valence-electron chi connectivity index (χ1n) is 8.82. The molecule has 0 radical (unpaired) electrons. The summed E-state index contributed by atoms with van der Waals surface area (Å²) in [4.78, 5) is 6.78. The molecule has 0 saturated heterocycles. The number of halogens is 1. The van der Waals surface area contributed by atoms with Gasteiger partial charge in [0.05, 0.1) is 19.0 Å². The molecule has 1 N–H and O–H groups in total. The van der Waals surface area contributed by atoms with Crippen molar-refractivity contribution < 1.29 is 4.74 Å². The molecule has 0 fully saturated rings. The lowest BCUT2D eigenvalue weighted by Gasteiger charge is -2.29. The lowest BCUT2D eigenvalue weighted by atomic mass is 10.0. The van der Waals surface area contributed by atoms with E-state index in [1.807, 2.05) is 19.1 Å². The molecule has 0 unspecified atom stereocenters. The fourth-order valence-corrected chi connectivity index (χ4v) is 3.43. The molecule has 138 valence electrons. The highest BCUT2D eigenvalue weighted by Crippen LogP contribution is 2.34. The van der Waals surface area contributed by atoms with Crippen LogP contribution in [0.2, 0.25) is 5.02 Å². The Morgan fingerprint density at radius 2 is 2.07 bits per heavy atom. The van der Waals surface area contributed by atoms with Gasteiger partial charge in [-0.15, -0.1) is 5.10 Å². The molecule has 3 aromatic rings. The molecule has 7 heteroatoms. The number of nitrogens with one attached hydrogen (secondary N) is 1. The summed E-state index contributed by atoms with van der Waals surface area (Å²) in [6.45, 7) is 2.81. The van der Waals surface area contributed by atoms with Gasteiger partial charge in [0, 0.05) is 23.3 Å². The van der Waals surface area contributed by atoms with Crippen molar-refractivity contribution in [3.8, 4) is 5.75 Å². The highest BCUT2D eigenvalue weighted by Gasteiger charge is 2.20. The molecule has 1 aromatic heterocycles. The number of nitrogens with zero attached hydrogens (tertiary/aromatic N) is 4. The Balaban J connectivity index is 1.66. The Labute approximate surface area is 163 Å². The highest BCUT2D eigenvalue weighted by atomic mass is 35.5. The summed E-state index contributed by atoms with van der Waals surface area (Å²) in [5.41, 5.74) is 4.18. The van der Waals surface area contributed by atoms with E-state index < -0.39 is 0 Å². The van der Waals surface area contributed by atoms with Gasteiger partial charge in [-0.3, -0.25) is 0 Å². The Morgan fingerprint density at radius 1 is 1.22 bits per heavy atom. The van der Waals surface area contributed by atoms with Crippen molar-refractivity contribution in [2.45, 2.75) is 19.8 Å². The molecular formula is C20H20ClN5O. The fraction of sp³-hybridized carbons (Fsp3) is 0.250. The van der Waals surface area contributed by atoms with Gasteiger partial charge in [-0.2, -0.15) is 10.1 Å². The summed E-state index contributed by atoms with van der Waals surface area (Å²) in [6.07, 6.45) is 3.73. The van der Waals surface area contributed by atoms with Crippen molar-refractivity contribution in [1.82, 2.24) is 15.2 Å².